The maximum atomic E-state index is 6.23. The first-order valence-electron chi connectivity index (χ1n) is 9.93. The van der Waals surface area contributed by atoms with Crippen molar-refractivity contribution < 1.29 is 4.74 Å². The molecule has 0 aliphatic carbocycles. The van der Waals surface area contributed by atoms with Gasteiger partial charge in [-0.05, 0) is 24.6 Å². The van der Waals surface area contributed by atoms with E-state index >= 15 is 0 Å². The minimum absolute atomic E-state index is 0.0549. The maximum Gasteiger partial charge on any atom is 0.191 e. The minimum atomic E-state index is -0.0549. The molecule has 2 atom stereocenters. The zero-order valence-corrected chi connectivity index (χ0v) is 17.9. The molecule has 29 heavy (non-hydrogen) atoms. The molecule has 1 aliphatic rings. The quantitative estimate of drug-likeness (QED) is 0.599. The van der Waals surface area contributed by atoms with Crippen LogP contribution in [0.5, 0.6) is 0 Å². The van der Waals surface area contributed by atoms with E-state index in [4.69, 9.17) is 4.74 Å². The van der Waals surface area contributed by atoms with Crippen LogP contribution in [0.2, 0.25) is 0 Å². The third kappa shape index (κ3) is 4.47. The second-order valence-electron chi connectivity index (χ2n) is 7.26. The molecule has 0 unspecified atom stereocenters. The van der Waals surface area contributed by atoms with Crippen LogP contribution in [0.1, 0.15) is 18.7 Å². The number of anilines is 1. The number of benzene rings is 2. The Balaban J connectivity index is 1.37. The van der Waals surface area contributed by atoms with Crippen LogP contribution >= 0.6 is 11.8 Å². The second-order valence-corrected chi connectivity index (χ2v) is 8.25. The van der Waals surface area contributed by atoms with Gasteiger partial charge in [0.05, 0.1) is 6.10 Å². The normalized spacial score (nSPS) is 18.9. The van der Waals surface area contributed by atoms with Gasteiger partial charge in [0.15, 0.2) is 11.0 Å². The van der Waals surface area contributed by atoms with E-state index in [1.807, 2.05) is 32.3 Å². The molecule has 0 saturated carbocycles. The van der Waals surface area contributed by atoms with Crippen LogP contribution in [0, 0.1) is 0 Å². The second kappa shape index (κ2) is 8.98. The molecule has 6 nitrogen and oxygen atoms in total. The number of nitrogens with zero attached hydrogens (tertiary/aromatic N) is 4. The summed E-state index contributed by atoms with van der Waals surface area (Å²) in [5, 5.41) is 13.3. The largest absolute Gasteiger partial charge is 0.378 e. The molecular formula is C22H27N5OS. The molecule has 1 aromatic heterocycles. The molecule has 2 heterocycles. The van der Waals surface area contributed by atoms with Gasteiger partial charge in [-0.3, -0.25) is 5.32 Å². The average molecular weight is 410 g/mol. The van der Waals surface area contributed by atoms with Crippen molar-refractivity contribution >= 4 is 17.4 Å². The standard InChI is InChI=1S/C22H27N5OS/c1-4-27-20(16-8-6-5-7-9-16)24-25-22(27)29-15-19-14-23-21(28-19)17-10-12-18(13-11-17)26(2)3/h5-13,19,21,23H,4,14-15H2,1-3H3/t19-,21+/m1/s1. The topological polar surface area (TPSA) is 55.2 Å². The Hall–Kier alpha value is -2.35. The van der Waals surface area contributed by atoms with Gasteiger partial charge in [0.1, 0.15) is 6.23 Å². The van der Waals surface area contributed by atoms with Crippen LogP contribution in [0.25, 0.3) is 11.4 Å². The van der Waals surface area contributed by atoms with Crippen molar-refractivity contribution in [2.24, 2.45) is 0 Å². The van der Waals surface area contributed by atoms with E-state index < -0.39 is 0 Å². The van der Waals surface area contributed by atoms with E-state index in [0.717, 1.165) is 41.0 Å². The van der Waals surface area contributed by atoms with Crippen LogP contribution in [-0.2, 0) is 11.3 Å². The van der Waals surface area contributed by atoms with Gasteiger partial charge >= 0.3 is 0 Å². The van der Waals surface area contributed by atoms with Crippen LogP contribution < -0.4 is 10.2 Å². The molecule has 152 valence electrons. The zero-order valence-electron chi connectivity index (χ0n) is 17.1. The van der Waals surface area contributed by atoms with Gasteiger partial charge in [-0.2, -0.15) is 0 Å². The molecular weight excluding hydrogens is 382 g/mol. The van der Waals surface area contributed by atoms with E-state index in [0.29, 0.717) is 0 Å². The molecule has 0 radical (unpaired) electrons. The van der Waals surface area contributed by atoms with Gasteiger partial charge < -0.3 is 14.2 Å². The van der Waals surface area contributed by atoms with Crippen molar-refractivity contribution in [3.8, 4) is 11.4 Å². The zero-order chi connectivity index (χ0) is 20.2. The number of rotatable bonds is 7. The molecule has 3 aromatic rings. The summed E-state index contributed by atoms with van der Waals surface area (Å²) in [6.45, 7) is 3.80. The molecule has 1 N–H and O–H groups in total. The summed E-state index contributed by atoms with van der Waals surface area (Å²) < 4.78 is 8.40. The van der Waals surface area contributed by atoms with E-state index in [1.165, 1.54) is 5.69 Å². The molecule has 0 bridgehead atoms. The first-order valence-corrected chi connectivity index (χ1v) is 10.9. The fourth-order valence-electron chi connectivity index (χ4n) is 3.42. The summed E-state index contributed by atoms with van der Waals surface area (Å²) in [6.07, 6.45) is 0.0847. The molecule has 4 rings (SSSR count). The molecule has 1 saturated heterocycles. The predicted molar refractivity (Wildman–Crippen MR) is 118 cm³/mol. The highest BCUT2D eigenvalue weighted by atomic mass is 32.2. The summed E-state index contributed by atoms with van der Waals surface area (Å²) in [7, 11) is 4.09. The van der Waals surface area contributed by atoms with Gasteiger partial charge in [0.2, 0.25) is 0 Å². The highest BCUT2D eigenvalue weighted by Gasteiger charge is 2.26. The number of hydrogen-bond donors (Lipinski definition) is 1. The van der Waals surface area contributed by atoms with Gasteiger partial charge in [0, 0.05) is 44.2 Å². The summed E-state index contributed by atoms with van der Waals surface area (Å²) in [5.74, 6) is 1.76. The van der Waals surface area contributed by atoms with Crippen molar-refractivity contribution in [1.82, 2.24) is 20.1 Å². The lowest BCUT2D eigenvalue weighted by molar-refractivity contribution is 0.0534. The fraction of sp³-hybridized carbons (Fsp3) is 0.364. The van der Waals surface area contributed by atoms with Crippen molar-refractivity contribution in [3.63, 3.8) is 0 Å². The van der Waals surface area contributed by atoms with Crippen molar-refractivity contribution in [1.29, 1.82) is 0 Å². The fourth-order valence-corrected chi connectivity index (χ4v) is 4.42. The summed E-state index contributed by atoms with van der Waals surface area (Å²) in [4.78, 5) is 2.10. The van der Waals surface area contributed by atoms with Gasteiger partial charge in [0.25, 0.3) is 0 Å². The predicted octanol–water partition coefficient (Wildman–Crippen LogP) is 3.81. The Labute approximate surface area is 176 Å². The van der Waals surface area contributed by atoms with Crippen LogP contribution in [0.15, 0.2) is 59.8 Å². The first kappa shape index (κ1) is 19.9. The van der Waals surface area contributed by atoms with Crippen LogP contribution in [-0.4, -0.2) is 47.3 Å². The first-order chi connectivity index (χ1) is 14.2. The van der Waals surface area contributed by atoms with Crippen molar-refractivity contribution in [3.05, 3.63) is 60.2 Å². The Bertz CT molecular complexity index is 926. The summed E-state index contributed by atoms with van der Waals surface area (Å²) >= 11 is 1.71. The number of hydrogen-bond acceptors (Lipinski definition) is 6. The van der Waals surface area contributed by atoms with Gasteiger partial charge in [-0.15, -0.1) is 10.2 Å². The Kier molecular flexibility index (Phi) is 6.18. The number of aromatic nitrogens is 3. The Morgan fingerprint density at radius 3 is 2.55 bits per heavy atom. The minimum Gasteiger partial charge on any atom is -0.378 e. The smallest absolute Gasteiger partial charge is 0.191 e. The Morgan fingerprint density at radius 2 is 1.86 bits per heavy atom. The lowest BCUT2D eigenvalue weighted by atomic mass is 10.2. The third-order valence-corrected chi connectivity index (χ3v) is 6.13. The van der Waals surface area contributed by atoms with E-state index in [-0.39, 0.29) is 12.3 Å². The maximum absolute atomic E-state index is 6.23. The third-order valence-electron chi connectivity index (χ3n) is 5.04. The summed E-state index contributed by atoms with van der Waals surface area (Å²) in [6, 6.07) is 18.7. The molecule has 0 spiro atoms. The van der Waals surface area contributed by atoms with E-state index in [9.17, 15) is 0 Å². The lowest BCUT2D eigenvalue weighted by Crippen LogP contribution is -2.17. The monoisotopic (exact) mass is 409 g/mol. The van der Waals surface area contributed by atoms with Gasteiger partial charge in [-0.25, -0.2) is 0 Å². The molecule has 2 aromatic carbocycles. The highest BCUT2D eigenvalue weighted by molar-refractivity contribution is 7.99. The van der Waals surface area contributed by atoms with Crippen molar-refractivity contribution in [2.75, 3.05) is 31.3 Å². The lowest BCUT2D eigenvalue weighted by Gasteiger charge is -2.16. The van der Waals surface area contributed by atoms with Gasteiger partial charge in [-0.1, -0.05) is 54.2 Å². The van der Waals surface area contributed by atoms with Crippen molar-refractivity contribution in [2.45, 2.75) is 31.0 Å². The van der Waals surface area contributed by atoms with E-state index in [1.54, 1.807) is 11.8 Å². The number of nitrogens with one attached hydrogen (secondary N) is 1. The molecule has 0 amide bonds. The molecule has 1 fully saturated rings. The highest BCUT2D eigenvalue weighted by Crippen LogP contribution is 2.28. The molecule has 1 aliphatic heterocycles. The SMILES string of the molecule is CCn1c(SC[C@H]2CN[C@H](c3ccc(N(C)C)cc3)O2)nnc1-c1ccccc1. The average Bonchev–Trinajstić information content (AvgIpc) is 3.39. The summed E-state index contributed by atoms with van der Waals surface area (Å²) in [5.41, 5.74) is 3.44. The van der Waals surface area contributed by atoms with Crippen LogP contribution in [0.4, 0.5) is 5.69 Å². The van der Waals surface area contributed by atoms with Crippen LogP contribution in [0.3, 0.4) is 0 Å². The number of thioether (sulfide) groups is 1. The Morgan fingerprint density at radius 1 is 1.10 bits per heavy atom. The van der Waals surface area contributed by atoms with E-state index in [2.05, 4.69) is 68.3 Å². The molecule has 7 heteroatoms. The number of ether oxygens (including phenoxy) is 1.